The van der Waals surface area contributed by atoms with E-state index in [0.29, 0.717) is 18.0 Å². The molecule has 0 saturated carbocycles. The molecule has 0 spiro atoms. The van der Waals surface area contributed by atoms with Crippen molar-refractivity contribution in [3.8, 4) is 11.5 Å². The molecule has 2 amide bonds. The Balaban J connectivity index is 1.60. The zero-order valence-corrected chi connectivity index (χ0v) is 19.3. The molecule has 1 saturated heterocycles. The molecule has 2 atom stereocenters. The molecule has 3 aromatic rings. The minimum Gasteiger partial charge on any atom is -0.497 e. The van der Waals surface area contributed by atoms with Gasteiger partial charge in [0.15, 0.2) is 0 Å². The lowest BCUT2D eigenvalue weighted by molar-refractivity contribution is -0.165. The van der Waals surface area contributed by atoms with Crippen LogP contribution < -0.4 is 14.8 Å². The summed E-state index contributed by atoms with van der Waals surface area (Å²) in [7, 11) is 1.62. The monoisotopic (exact) mass is 494 g/mol. The molecule has 32 heavy (non-hydrogen) atoms. The van der Waals surface area contributed by atoms with Crippen LogP contribution in [0.3, 0.4) is 0 Å². The van der Waals surface area contributed by atoms with Gasteiger partial charge in [-0.25, -0.2) is 0 Å². The molecule has 1 heterocycles. The topological polar surface area (TPSA) is 67.9 Å². The molecule has 0 unspecified atom stereocenters. The lowest BCUT2D eigenvalue weighted by Crippen LogP contribution is -2.60. The van der Waals surface area contributed by atoms with Crippen LogP contribution in [0.15, 0.2) is 77.3 Å². The number of rotatable bonds is 7. The number of carbonyl (C=O) groups excluding carboxylic acids is 2. The molecule has 0 aromatic heterocycles. The predicted molar refractivity (Wildman–Crippen MR) is 126 cm³/mol. The van der Waals surface area contributed by atoms with Crippen molar-refractivity contribution >= 4 is 33.4 Å². The van der Waals surface area contributed by atoms with Crippen molar-refractivity contribution in [2.75, 3.05) is 12.4 Å². The number of amides is 2. The Hall–Kier alpha value is -3.32. The molecule has 1 N–H and O–H groups in total. The highest BCUT2D eigenvalue weighted by atomic mass is 79.9. The maximum absolute atomic E-state index is 13.1. The maximum Gasteiger partial charge on any atom is 0.267 e. The number of hydrogen-bond donors (Lipinski definition) is 1. The first-order chi connectivity index (χ1) is 15.4. The van der Waals surface area contributed by atoms with Crippen molar-refractivity contribution in [2.45, 2.75) is 25.6 Å². The number of methoxy groups -OCH3 is 1. The Bertz CT molecular complexity index is 1130. The summed E-state index contributed by atoms with van der Waals surface area (Å²) in [5.74, 6) is 1.15. The Labute approximate surface area is 195 Å². The van der Waals surface area contributed by atoms with Gasteiger partial charge in [-0.1, -0.05) is 46.3 Å². The highest BCUT2D eigenvalue weighted by Gasteiger charge is 2.50. The van der Waals surface area contributed by atoms with Crippen LogP contribution in [0.4, 0.5) is 5.69 Å². The van der Waals surface area contributed by atoms with Gasteiger partial charge >= 0.3 is 0 Å². The fourth-order valence-electron chi connectivity index (χ4n) is 3.80. The van der Waals surface area contributed by atoms with Crippen LogP contribution in [-0.4, -0.2) is 29.9 Å². The van der Waals surface area contributed by atoms with E-state index in [4.69, 9.17) is 9.47 Å². The third kappa shape index (κ3) is 4.78. The quantitative estimate of drug-likeness (QED) is 0.472. The molecule has 164 valence electrons. The van der Waals surface area contributed by atoms with Crippen LogP contribution in [0.2, 0.25) is 0 Å². The van der Waals surface area contributed by atoms with E-state index in [1.807, 2.05) is 72.8 Å². The second-order valence-corrected chi connectivity index (χ2v) is 8.48. The number of likely N-dealkylation sites (tertiary alicyclic amines) is 1. The van der Waals surface area contributed by atoms with Crippen molar-refractivity contribution in [3.63, 3.8) is 0 Å². The Kier molecular flexibility index (Phi) is 6.46. The van der Waals surface area contributed by atoms with Gasteiger partial charge in [-0.05, 0) is 53.6 Å². The highest BCUT2D eigenvalue weighted by molar-refractivity contribution is 9.10. The van der Waals surface area contributed by atoms with E-state index in [0.717, 1.165) is 21.3 Å². The van der Waals surface area contributed by atoms with Gasteiger partial charge in [0.2, 0.25) is 12.0 Å². The largest absolute Gasteiger partial charge is 0.497 e. The number of halogens is 1. The molecule has 0 radical (unpaired) electrons. The molecule has 7 heteroatoms. The van der Waals surface area contributed by atoms with E-state index >= 15 is 0 Å². The number of benzene rings is 3. The second kappa shape index (κ2) is 9.44. The predicted octanol–water partition coefficient (Wildman–Crippen LogP) is 4.95. The zero-order chi connectivity index (χ0) is 22.7. The number of carbonyl (C=O) groups is 2. The molecular formula is C25H23BrN2O4. The number of nitrogens with zero attached hydrogens (tertiary/aromatic N) is 1. The number of ether oxygens (including phenoxy) is 2. The molecule has 3 aromatic carbocycles. The number of hydrogen-bond acceptors (Lipinski definition) is 4. The normalized spacial score (nSPS) is 17.5. The average molecular weight is 495 g/mol. The number of nitrogens with one attached hydrogen (secondary N) is 1. The van der Waals surface area contributed by atoms with E-state index in [9.17, 15) is 9.59 Å². The SMILES string of the molecule is COc1ccc([C@H]2[C@@H](Oc3cccc(Br)c3)C(=O)N2Cc2cccc(NC(C)=O)c2)cc1. The van der Waals surface area contributed by atoms with Gasteiger partial charge in [0.1, 0.15) is 17.5 Å². The van der Waals surface area contributed by atoms with Crippen LogP contribution in [0.25, 0.3) is 0 Å². The first kappa shape index (κ1) is 21.9. The molecule has 0 aliphatic carbocycles. The Morgan fingerprint density at radius 2 is 1.78 bits per heavy atom. The fraction of sp³-hybridized carbons (Fsp3) is 0.200. The third-order valence-corrected chi connectivity index (χ3v) is 5.76. The Morgan fingerprint density at radius 3 is 2.47 bits per heavy atom. The summed E-state index contributed by atoms with van der Waals surface area (Å²) < 4.78 is 12.3. The van der Waals surface area contributed by atoms with Crippen LogP contribution >= 0.6 is 15.9 Å². The van der Waals surface area contributed by atoms with E-state index in [1.54, 1.807) is 12.0 Å². The van der Waals surface area contributed by atoms with E-state index in [1.165, 1.54) is 6.92 Å². The number of anilines is 1. The van der Waals surface area contributed by atoms with E-state index < -0.39 is 6.10 Å². The number of β-lactam (4-membered cyclic amide) rings is 1. The fourth-order valence-corrected chi connectivity index (χ4v) is 4.18. The Morgan fingerprint density at radius 1 is 1.03 bits per heavy atom. The lowest BCUT2D eigenvalue weighted by Gasteiger charge is -2.47. The standard InChI is InChI=1S/C25H23BrN2O4/c1-16(29)27-20-7-3-5-17(13-20)15-28-23(18-9-11-21(31-2)12-10-18)24(25(28)30)32-22-8-4-6-19(26)14-22/h3-14,23-24H,15H2,1-2H3,(H,27,29)/t23-,24+/m0/s1. The molecule has 1 aliphatic heterocycles. The molecular weight excluding hydrogens is 472 g/mol. The van der Waals surface area contributed by atoms with Crippen LogP contribution in [-0.2, 0) is 16.1 Å². The van der Waals surface area contributed by atoms with Gasteiger partial charge in [0.05, 0.1) is 7.11 Å². The zero-order valence-electron chi connectivity index (χ0n) is 17.7. The van der Waals surface area contributed by atoms with Gasteiger partial charge in [0.25, 0.3) is 5.91 Å². The maximum atomic E-state index is 13.1. The average Bonchev–Trinajstić information content (AvgIpc) is 2.78. The van der Waals surface area contributed by atoms with Crippen LogP contribution in [0.1, 0.15) is 24.1 Å². The third-order valence-electron chi connectivity index (χ3n) is 5.27. The minimum absolute atomic E-state index is 0.0873. The summed E-state index contributed by atoms with van der Waals surface area (Å²) in [6, 6.07) is 22.4. The molecule has 0 bridgehead atoms. The van der Waals surface area contributed by atoms with Gasteiger partial charge in [-0.3, -0.25) is 9.59 Å². The molecule has 1 fully saturated rings. The summed E-state index contributed by atoms with van der Waals surface area (Å²) in [6.07, 6.45) is -0.628. The van der Waals surface area contributed by atoms with Crippen molar-refractivity contribution in [1.29, 1.82) is 0 Å². The summed E-state index contributed by atoms with van der Waals surface area (Å²) in [4.78, 5) is 26.3. The molecule has 6 nitrogen and oxygen atoms in total. The van der Waals surface area contributed by atoms with Crippen molar-refractivity contribution in [1.82, 2.24) is 4.90 Å². The van der Waals surface area contributed by atoms with Crippen molar-refractivity contribution < 1.29 is 19.1 Å². The second-order valence-electron chi connectivity index (χ2n) is 7.56. The van der Waals surface area contributed by atoms with Crippen LogP contribution in [0.5, 0.6) is 11.5 Å². The smallest absolute Gasteiger partial charge is 0.267 e. The summed E-state index contributed by atoms with van der Waals surface area (Å²) in [6.45, 7) is 1.87. The van der Waals surface area contributed by atoms with Gasteiger partial charge in [0, 0.05) is 23.6 Å². The van der Waals surface area contributed by atoms with E-state index in [-0.39, 0.29) is 17.9 Å². The first-order valence-corrected chi connectivity index (χ1v) is 11.0. The summed E-state index contributed by atoms with van der Waals surface area (Å²) >= 11 is 3.44. The lowest BCUT2D eigenvalue weighted by atomic mass is 9.89. The van der Waals surface area contributed by atoms with Crippen LogP contribution in [0, 0.1) is 0 Å². The van der Waals surface area contributed by atoms with Gasteiger partial charge in [-0.15, -0.1) is 0 Å². The first-order valence-electron chi connectivity index (χ1n) is 10.2. The van der Waals surface area contributed by atoms with Crippen molar-refractivity contribution in [3.05, 3.63) is 88.4 Å². The molecule has 4 rings (SSSR count). The van der Waals surface area contributed by atoms with Gasteiger partial charge in [-0.2, -0.15) is 0 Å². The molecule has 1 aliphatic rings. The highest BCUT2D eigenvalue weighted by Crippen LogP contribution is 2.39. The summed E-state index contributed by atoms with van der Waals surface area (Å²) in [5.41, 5.74) is 2.58. The van der Waals surface area contributed by atoms with Crippen molar-refractivity contribution in [2.24, 2.45) is 0 Å². The minimum atomic E-state index is -0.628. The van der Waals surface area contributed by atoms with Gasteiger partial charge < -0.3 is 19.7 Å². The summed E-state index contributed by atoms with van der Waals surface area (Å²) in [5, 5.41) is 2.78. The van der Waals surface area contributed by atoms with E-state index in [2.05, 4.69) is 21.2 Å².